The first-order chi connectivity index (χ1) is 14.6. The molecule has 2 N–H and O–H groups in total. The van der Waals surface area contributed by atoms with Crippen LogP contribution in [0.15, 0.2) is 24.0 Å². The predicted octanol–water partition coefficient (Wildman–Crippen LogP) is 1.25. The van der Waals surface area contributed by atoms with Gasteiger partial charge in [-0.15, -0.1) is 0 Å². The lowest BCUT2D eigenvalue weighted by Crippen LogP contribution is -2.49. The minimum absolute atomic E-state index is 0.176. The smallest absolute Gasteiger partial charge is 0.346 e. The molecule has 0 spiro atoms. The van der Waals surface area contributed by atoms with Gasteiger partial charge in [0.2, 0.25) is 5.91 Å². The molecule has 31 heavy (non-hydrogen) atoms. The molecule has 2 amide bonds. The molecule has 2 aliphatic rings. The number of allylic oxidation sites excluding steroid dienone is 1. The molecule has 2 heterocycles. The Morgan fingerprint density at radius 2 is 1.87 bits per heavy atom. The summed E-state index contributed by atoms with van der Waals surface area (Å²) in [4.78, 5) is 50.9. The van der Waals surface area contributed by atoms with Gasteiger partial charge in [0.25, 0.3) is 5.91 Å². The summed E-state index contributed by atoms with van der Waals surface area (Å²) >= 11 is 0. The van der Waals surface area contributed by atoms with Crippen LogP contribution in [0.4, 0.5) is 0 Å². The molecule has 0 radical (unpaired) electrons. The number of esters is 2. The van der Waals surface area contributed by atoms with E-state index in [1.165, 1.54) is 0 Å². The Hall–Kier alpha value is -2.68. The van der Waals surface area contributed by atoms with Gasteiger partial charge in [-0.25, -0.2) is 9.59 Å². The van der Waals surface area contributed by atoms with Crippen LogP contribution in [0.1, 0.15) is 47.0 Å². The van der Waals surface area contributed by atoms with Gasteiger partial charge in [0.15, 0.2) is 12.2 Å². The molecule has 172 valence electrons. The number of hydrogen-bond donors (Lipinski definition) is 2. The van der Waals surface area contributed by atoms with E-state index in [9.17, 15) is 19.2 Å². The Bertz CT molecular complexity index is 758. The molecule has 0 unspecified atom stereocenters. The summed E-state index contributed by atoms with van der Waals surface area (Å²) in [6.07, 6.45) is 4.56. The molecule has 1 fully saturated rings. The van der Waals surface area contributed by atoms with Gasteiger partial charge in [0.1, 0.15) is 6.04 Å². The predicted molar refractivity (Wildman–Crippen MR) is 113 cm³/mol. The maximum atomic E-state index is 12.5. The molecule has 0 aromatic heterocycles. The van der Waals surface area contributed by atoms with E-state index in [2.05, 4.69) is 24.5 Å². The largest absolute Gasteiger partial charge is 0.388 e. The quantitative estimate of drug-likeness (QED) is 0.301. The molecule has 0 bridgehead atoms. The second kappa shape index (κ2) is 11.1. The number of nitrogens with one attached hydrogen (secondary N) is 2. The zero-order valence-corrected chi connectivity index (χ0v) is 18.8. The summed E-state index contributed by atoms with van der Waals surface area (Å²) in [6.45, 7) is 8.55. The zero-order chi connectivity index (χ0) is 23.1. The van der Waals surface area contributed by atoms with Crippen molar-refractivity contribution < 1.29 is 28.7 Å². The lowest BCUT2D eigenvalue weighted by atomic mass is 10.0. The second-order valence-electron chi connectivity index (χ2n) is 8.76. The minimum Gasteiger partial charge on any atom is -0.388 e. The monoisotopic (exact) mass is 435 g/mol. The van der Waals surface area contributed by atoms with Crippen LogP contribution in [0.5, 0.6) is 0 Å². The first kappa shape index (κ1) is 24.6. The van der Waals surface area contributed by atoms with E-state index in [4.69, 9.17) is 9.47 Å². The number of carbonyl (C=O) groups is 4. The SMILES string of the molecule is CC(C)CCNC(=O)[C@@H](CC(C)C)NC(=O)[C@@H]1O[C@H]1C(=O)OC(=O)C1=CN(C)C=CC1. The van der Waals surface area contributed by atoms with Gasteiger partial charge >= 0.3 is 11.9 Å². The number of amides is 2. The summed E-state index contributed by atoms with van der Waals surface area (Å²) in [5.41, 5.74) is 0.329. The molecule has 0 aliphatic carbocycles. The summed E-state index contributed by atoms with van der Waals surface area (Å²) < 4.78 is 9.98. The Morgan fingerprint density at radius 1 is 1.16 bits per heavy atom. The average Bonchev–Trinajstić information content (AvgIpc) is 3.47. The van der Waals surface area contributed by atoms with E-state index in [-0.39, 0.29) is 11.8 Å². The standard InChI is InChI=1S/C22H33N3O6/c1-13(2)8-9-23-19(26)16(11-14(3)4)24-20(27)17-18(30-17)22(29)31-21(28)15-7-6-10-25(5)12-15/h6,10,12-14,16-18H,7-9,11H2,1-5H3,(H,23,26)(H,24,27)/t16-,17-,18-/m1/s1. The van der Waals surface area contributed by atoms with Gasteiger partial charge in [0.05, 0.1) is 5.57 Å². The number of ether oxygens (including phenoxy) is 2. The second-order valence-corrected chi connectivity index (χ2v) is 8.76. The van der Waals surface area contributed by atoms with E-state index in [0.29, 0.717) is 30.9 Å². The number of rotatable bonds is 10. The maximum absolute atomic E-state index is 12.5. The molecule has 2 aliphatic heterocycles. The van der Waals surface area contributed by atoms with Crippen molar-refractivity contribution >= 4 is 23.8 Å². The van der Waals surface area contributed by atoms with Gasteiger partial charge in [0, 0.05) is 26.2 Å². The van der Waals surface area contributed by atoms with Crippen LogP contribution < -0.4 is 10.6 Å². The third kappa shape index (κ3) is 7.82. The number of hydrogen-bond acceptors (Lipinski definition) is 7. The van der Waals surface area contributed by atoms with E-state index >= 15 is 0 Å². The Labute approximate surface area is 183 Å². The van der Waals surface area contributed by atoms with Crippen molar-refractivity contribution in [1.29, 1.82) is 0 Å². The lowest BCUT2D eigenvalue weighted by Gasteiger charge is -2.20. The average molecular weight is 436 g/mol. The fourth-order valence-corrected chi connectivity index (χ4v) is 3.09. The molecule has 1 saturated heterocycles. The van der Waals surface area contributed by atoms with E-state index in [0.717, 1.165) is 6.42 Å². The third-order valence-corrected chi connectivity index (χ3v) is 4.84. The molecule has 0 saturated carbocycles. The van der Waals surface area contributed by atoms with Crippen LogP contribution in [0, 0.1) is 11.8 Å². The molecule has 2 rings (SSSR count). The fraction of sp³-hybridized carbons (Fsp3) is 0.636. The van der Waals surface area contributed by atoms with Crippen LogP contribution in [-0.4, -0.2) is 60.5 Å². The summed E-state index contributed by atoms with van der Waals surface area (Å²) in [5, 5.41) is 5.50. The maximum Gasteiger partial charge on any atom is 0.346 e. The highest BCUT2D eigenvalue weighted by atomic mass is 16.7. The Morgan fingerprint density at radius 3 is 2.48 bits per heavy atom. The Balaban J connectivity index is 1.85. The van der Waals surface area contributed by atoms with Crippen molar-refractivity contribution in [1.82, 2.24) is 15.5 Å². The van der Waals surface area contributed by atoms with Crippen molar-refractivity contribution in [3.8, 4) is 0 Å². The van der Waals surface area contributed by atoms with E-state index < -0.39 is 36.1 Å². The highest BCUT2D eigenvalue weighted by molar-refractivity contribution is 6.01. The summed E-state index contributed by atoms with van der Waals surface area (Å²) in [5.74, 6) is -1.88. The van der Waals surface area contributed by atoms with Gasteiger partial charge in [-0.3, -0.25) is 9.59 Å². The topological polar surface area (TPSA) is 117 Å². The number of epoxide rings is 1. The molecular weight excluding hydrogens is 402 g/mol. The highest BCUT2D eigenvalue weighted by Gasteiger charge is 2.52. The zero-order valence-electron chi connectivity index (χ0n) is 18.8. The molecule has 0 aromatic carbocycles. The Kier molecular flexibility index (Phi) is 8.79. The van der Waals surface area contributed by atoms with Crippen molar-refractivity contribution in [2.75, 3.05) is 13.6 Å². The molecule has 3 atom stereocenters. The van der Waals surface area contributed by atoms with Crippen LogP contribution in [-0.2, 0) is 28.7 Å². The minimum atomic E-state index is -1.15. The number of nitrogens with zero attached hydrogens (tertiary/aromatic N) is 1. The van der Waals surface area contributed by atoms with Crippen molar-refractivity contribution in [2.45, 2.75) is 65.2 Å². The van der Waals surface area contributed by atoms with Crippen LogP contribution >= 0.6 is 0 Å². The van der Waals surface area contributed by atoms with Gasteiger partial charge in [-0.05, 0) is 30.9 Å². The van der Waals surface area contributed by atoms with Crippen molar-refractivity contribution in [2.24, 2.45) is 11.8 Å². The van der Waals surface area contributed by atoms with Crippen molar-refractivity contribution in [3.63, 3.8) is 0 Å². The van der Waals surface area contributed by atoms with Crippen LogP contribution in [0.2, 0.25) is 0 Å². The third-order valence-electron chi connectivity index (χ3n) is 4.84. The lowest BCUT2D eigenvalue weighted by molar-refractivity contribution is -0.158. The van der Waals surface area contributed by atoms with E-state index in [1.807, 2.05) is 13.8 Å². The van der Waals surface area contributed by atoms with Crippen molar-refractivity contribution in [3.05, 3.63) is 24.0 Å². The number of carbonyl (C=O) groups excluding carboxylic acids is 4. The van der Waals surface area contributed by atoms with E-state index in [1.54, 1.807) is 30.4 Å². The van der Waals surface area contributed by atoms with Gasteiger partial charge in [-0.2, -0.15) is 0 Å². The fourth-order valence-electron chi connectivity index (χ4n) is 3.09. The molecule has 9 nitrogen and oxygen atoms in total. The first-order valence-electron chi connectivity index (χ1n) is 10.7. The molecule has 0 aromatic rings. The van der Waals surface area contributed by atoms with Gasteiger partial charge < -0.3 is 25.0 Å². The normalized spacial score (nSPS) is 20.9. The van der Waals surface area contributed by atoms with Crippen LogP contribution in [0.25, 0.3) is 0 Å². The first-order valence-corrected chi connectivity index (χ1v) is 10.7. The molecular formula is C22H33N3O6. The van der Waals surface area contributed by atoms with Crippen LogP contribution in [0.3, 0.4) is 0 Å². The summed E-state index contributed by atoms with van der Waals surface area (Å²) in [6, 6.07) is -0.725. The highest BCUT2D eigenvalue weighted by Crippen LogP contribution is 2.25. The van der Waals surface area contributed by atoms with Gasteiger partial charge in [-0.1, -0.05) is 33.8 Å². The summed E-state index contributed by atoms with van der Waals surface area (Å²) in [7, 11) is 1.75. The molecule has 9 heteroatoms.